The molecule has 4 aliphatic carbocycles. The van der Waals surface area contributed by atoms with Gasteiger partial charge >= 0.3 is 5.97 Å². The van der Waals surface area contributed by atoms with Crippen LogP contribution in [0, 0.1) is 40.4 Å². The molecule has 0 bridgehead atoms. The molecule has 7 heteroatoms. The summed E-state index contributed by atoms with van der Waals surface area (Å²) in [7, 11) is 1.72. The van der Waals surface area contributed by atoms with Crippen molar-refractivity contribution in [1.82, 2.24) is 9.78 Å². The SMILES string of the molecule is CCOC(=O)c1cnn(CC(=O)[C@H]2CC[C@H]3[C@@H]4CC[C@H]5C[C@@](O)(CCOC)CC[C@]5(C)[C@H]4CC[C@]23C)c1. The highest BCUT2D eigenvalue weighted by molar-refractivity contribution is 5.89. The van der Waals surface area contributed by atoms with Crippen LogP contribution in [0.2, 0.25) is 0 Å². The molecule has 0 aliphatic heterocycles. The molecule has 0 spiro atoms. The minimum absolute atomic E-state index is 0.0481. The van der Waals surface area contributed by atoms with Crippen molar-refractivity contribution in [2.24, 2.45) is 40.4 Å². The van der Waals surface area contributed by atoms with Gasteiger partial charge in [0.15, 0.2) is 5.78 Å². The molecule has 7 nitrogen and oxygen atoms in total. The summed E-state index contributed by atoms with van der Waals surface area (Å²) in [4.78, 5) is 25.6. The smallest absolute Gasteiger partial charge is 0.341 e. The predicted molar refractivity (Wildman–Crippen MR) is 140 cm³/mol. The Hall–Kier alpha value is -1.73. The third kappa shape index (κ3) is 4.69. The summed E-state index contributed by atoms with van der Waals surface area (Å²) in [6.07, 6.45) is 13.6. The van der Waals surface area contributed by atoms with Crippen LogP contribution in [0.4, 0.5) is 0 Å². The van der Waals surface area contributed by atoms with Crippen molar-refractivity contribution in [3.63, 3.8) is 0 Å². The number of esters is 1. The lowest BCUT2D eigenvalue weighted by atomic mass is 9.43. The number of Topliss-reactive ketones (excluding diaryl/α,β-unsaturated/α-hetero) is 1. The van der Waals surface area contributed by atoms with Gasteiger partial charge in [0.05, 0.1) is 30.5 Å². The quantitative estimate of drug-likeness (QED) is 0.488. The van der Waals surface area contributed by atoms with E-state index >= 15 is 0 Å². The first-order valence-corrected chi connectivity index (χ1v) is 14.6. The molecule has 0 amide bonds. The molecule has 0 aromatic carbocycles. The van der Waals surface area contributed by atoms with E-state index in [9.17, 15) is 14.7 Å². The number of ketones is 1. The Balaban J connectivity index is 1.26. The van der Waals surface area contributed by atoms with Gasteiger partial charge in [-0.25, -0.2) is 4.79 Å². The maximum atomic E-state index is 13.6. The first kappa shape index (κ1) is 26.9. The van der Waals surface area contributed by atoms with E-state index in [0.717, 1.165) is 44.9 Å². The Labute approximate surface area is 221 Å². The normalized spacial score (nSPS) is 40.9. The molecule has 4 aliphatic rings. The van der Waals surface area contributed by atoms with E-state index in [1.54, 1.807) is 24.9 Å². The fraction of sp³-hybridized carbons (Fsp3) is 0.833. The lowest BCUT2D eigenvalue weighted by Gasteiger charge is -2.62. The van der Waals surface area contributed by atoms with Crippen molar-refractivity contribution in [2.45, 2.75) is 97.1 Å². The van der Waals surface area contributed by atoms with Gasteiger partial charge in [0.2, 0.25) is 0 Å². The lowest BCUT2D eigenvalue weighted by molar-refractivity contribution is -0.157. The maximum Gasteiger partial charge on any atom is 0.341 e. The molecule has 1 aromatic rings. The average Bonchev–Trinajstić information content (AvgIpc) is 3.47. The van der Waals surface area contributed by atoms with E-state index in [4.69, 9.17) is 9.47 Å². The first-order chi connectivity index (χ1) is 17.6. The fourth-order valence-corrected chi connectivity index (χ4v) is 9.41. The largest absolute Gasteiger partial charge is 0.462 e. The summed E-state index contributed by atoms with van der Waals surface area (Å²) in [6.45, 7) is 7.85. The van der Waals surface area contributed by atoms with Crippen molar-refractivity contribution in [1.29, 1.82) is 0 Å². The van der Waals surface area contributed by atoms with Crippen LogP contribution in [-0.4, -0.2) is 52.6 Å². The Bertz CT molecular complexity index is 1010. The molecule has 8 atom stereocenters. The number of nitrogens with zero attached hydrogens (tertiary/aromatic N) is 2. The number of carbonyl (C=O) groups is 2. The minimum atomic E-state index is -0.569. The number of hydrogen-bond donors (Lipinski definition) is 1. The summed E-state index contributed by atoms with van der Waals surface area (Å²) in [5.41, 5.74) is 0.175. The van der Waals surface area contributed by atoms with Crippen molar-refractivity contribution in [3.8, 4) is 0 Å². The molecule has 0 unspecified atom stereocenters. The van der Waals surface area contributed by atoms with Gasteiger partial charge in [-0.05, 0) is 106 Å². The van der Waals surface area contributed by atoms with Crippen LogP contribution in [-0.2, 0) is 20.8 Å². The summed E-state index contributed by atoms with van der Waals surface area (Å²) < 4.78 is 12.0. The highest BCUT2D eigenvalue weighted by Crippen LogP contribution is 2.68. The molecule has 1 heterocycles. The van der Waals surface area contributed by atoms with E-state index in [1.807, 2.05) is 0 Å². The minimum Gasteiger partial charge on any atom is -0.462 e. The molecule has 4 fully saturated rings. The van der Waals surface area contributed by atoms with Crippen LogP contribution >= 0.6 is 0 Å². The Morgan fingerprint density at radius 1 is 1.08 bits per heavy atom. The van der Waals surface area contributed by atoms with Gasteiger partial charge in [-0.3, -0.25) is 9.48 Å². The summed E-state index contributed by atoms with van der Waals surface area (Å²) >= 11 is 0. The van der Waals surface area contributed by atoms with Crippen molar-refractivity contribution in [2.75, 3.05) is 20.3 Å². The zero-order valence-electron chi connectivity index (χ0n) is 23.2. The van der Waals surface area contributed by atoms with Crippen molar-refractivity contribution in [3.05, 3.63) is 18.0 Å². The second-order valence-electron chi connectivity index (χ2n) is 13.1. The zero-order valence-corrected chi connectivity index (χ0v) is 23.2. The number of hydrogen-bond acceptors (Lipinski definition) is 6. The summed E-state index contributed by atoms with van der Waals surface area (Å²) in [5, 5.41) is 15.5. The number of rotatable bonds is 8. The van der Waals surface area contributed by atoms with Gasteiger partial charge in [0.25, 0.3) is 0 Å². The van der Waals surface area contributed by atoms with Crippen LogP contribution in [0.25, 0.3) is 0 Å². The first-order valence-electron chi connectivity index (χ1n) is 14.6. The highest BCUT2D eigenvalue weighted by Gasteiger charge is 2.62. The Morgan fingerprint density at radius 2 is 1.86 bits per heavy atom. The molecular weight excluding hydrogens is 468 g/mol. The number of aliphatic hydroxyl groups is 1. The van der Waals surface area contributed by atoms with Crippen molar-refractivity contribution >= 4 is 11.8 Å². The van der Waals surface area contributed by atoms with E-state index in [0.29, 0.717) is 47.9 Å². The van der Waals surface area contributed by atoms with Gasteiger partial charge < -0.3 is 14.6 Å². The Morgan fingerprint density at radius 3 is 2.62 bits per heavy atom. The maximum absolute atomic E-state index is 13.6. The lowest BCUT2D eigenvalue weighted by Crippen LogP contribution is -2.56. The topological polar surface area (TPSA) is 90.7 Å². The zero-order chi connectivity index (χ0) is 26.4. The molecular formula is C30H46N2O5. The number of fused-ring (bicyclic) bond motifs is 5. The summed E-state index contributed by atoms with van der Waals surface area (Å²) in [6, 6.07) is 0. The molecule has 1 aromatic heterocycles. The molecule has 1 N–H and O–H groups in total. The van der Waals surface area contributed by atoms with E-state index in [1.165, 1.54) is 25.5 Å². The molecule has 4 saturated carbocycles. The highest BCUT2D eigenvalue weighted by atomic mass is 16.5. The predicted octanol–water partition coefficient (Wildman–Crippen LogP) is 5.06. The number of carbonyl (C=O) groups excluding carboxylic acids is 2. The van der Waals surface area contributed by atoms with Crippen LogP contribution in [0.3, 0.4) is 0 Å². The van der Waals surface area contributed by atoms with Crippen LogP contribution in [0.5, 0.6) is 0 Å². The second kappa shape index (κ2) is 10.1. The van der Waals surface area contributed by atoms with Gasteiger partial charge in [0, 0.05) is 25.8 Å². The van der Waals surface area contributed by atoms with E-state index in [2.05, 4.69) is 18.9 Å². The molecule has 0 radical (unpaired) electrons. The molecule has 37 heavy (non-hydrogen) atoms. The Kier molecular flexibility index (Phi) is 7.34. The van der Waals surface area contributed by atoms with E-state index < -0.39 is 11.6 Å². The van der Waals surface area contributed by atoms with Crippen molar-refractivity contribution < 1.29 is 24.2 Å². The fourth-order valence-electron chi connectivity index (χ4n) is 9.41. The number of aromatic nitrogens is 2. The van der Waals surface area contributed by atoms with Gasteiger partial charge in [-0.2, -0.15) is 5.10 Å². The molecule has 5 rings (SSSR count). The van der Waals surface area contributed by atoms with Gasteiger partial charge in [-0.15, -0.1) is 0 Å². The monoisotopic (exact) mass is 514 g/mol. The average molecular weight is 515 g/mol. The third-order valence-corrected chi connectivity index (χ3v) is 11.4. The molecule has 0 saturated heterocycles. The second-order valence-corrected chi connectivity index (χ2v) is 13.1. The van der Waals surface area contributed by atoms with Crippen LogP contribution in [0.15, 0.2) is 12.4 Å². The van der Waals surface area contributed by atoms with Gasteiger partial charge in [0.1, 0.15) is 0 Å². The number of methoxy groups -OCH3 is 1. The number of ether oxygens (including phenoxy) is 2. The van der Waals surface area contributed by atoms with Crippen LogP contribution in [0.1, 0.15) is 95.3 Å². The summed E-state index contributed by atoms with van der Waals surface area (Å²) in [5.74, 6) is 2.48. The third-order valence-electron chi connectivity index (χ3n) is 11.4. The van der Waals surface area contributed by atoms with Gasteiger partial charge in [-0.1, -0.05) is 13.8 Å². The molecule has 206 valence electrons. The standard InChI is InChI=1S/C30H46N2O5/c1-5-37-27(34)20-17-31-32(18-20)19-26(33)25-9-8-23-22-7-6-21-16-30(35,14-15-36-4)13-12-28(21,2)24(22)10-11-29(23,25)3/h17-18,21-25,35H,5-16,19H2,1-4H3/t21-,22-,23-,24-,25+,28-,29-,30-/m0/s1. The van der Waals surface area contributed by atoms with E-state index in [-0.39, 0.29) is 23.7 Å². The van der Waals surface area contributed by atoms with Crippen LogP contribution < -0.4 is 0 Å².